The number of carboxylic acids is 1. The summed E-state index contributed by atoms with van der Waals surface area (Å²) in [7, 11) is 0. The molecule has 5 N–H and O–H groups in total. The van der Waals surface area contributed by atoms with Crippen LogP contribution in [0.2, 0.25) is 0 Å². The summed E-state index contributed by atoms with van der Waals surface area (Å²) in [6.07, 6.45) is 3.43. The normalized spacial score (nSPS) is 17.6. The van der Waals surface area contributed by atoms with E-state index in [9.17, 15) is 4.79 Å². The summed E-state index contributed by atoms with van der Waals surface area (Å²) < 4.78 is 0. The zero-order valence-electron chi connectivity index (χ0n) is 14.6. The summed E-state index contributed by atoms with van der Waals surface area (Å²) in [4.78, 5) is 13.5. The predicted molar refractivity (Wildman–Crippen MR) is 104 cm³/mol. The highest BCUT2D eigenvalue weighted by molar-refractivity contribution is 5.87. The van der Waals surface area contributed by atoms with Crippen molar-refractivity contribution in [1.29, 1.82) is 5.41 Å². The summed E-state index contributed by atoms with van der Waals surface area (Å²) in [5, 5.41) is 20.1. The van der Waals surface area contributed by atoms with Crippen LogP contribution in [0.4, 0.5) is 11.4 Å². The van der Waals surface area contributed by atoms with E-state index in [2.05, 4.69) is 10.2 Å². The van der Waals surface area contributed by atoms with Gasteiger partial charge < -0.3 is 21.6 Å². The summed E-state index contributed by atoms with van der Waals surface area (Å²) in [5.74, 6) is -0.893. The largest absolute Gasteiger partial charge is 0.478 e. The van der Waals surface area contributed by atoms with Crippen LogP contribution in [0.3, 0.4) is 0 Å². The Morgan fingerprint density at radius 2 is 2.19 bits per heavy atom. The van der Waals surface area contributed by atoms with E-state index in [4.69, 9.17) is 16.2 Å². The lowest BCUT2D eigenvalue weighted by Crippen LogP contribution is -2.41. The van der Waals surface area contributed by atoms with Crippen LogP contribution in [0.5, 0.6) is 0 Å². The van der Waals surface area contributed by atoms with Gasteiger partial charge >= 0.3 is 5.97 Å². The third-order valence-corrected chi connectivity index (χ3v) is 4.70. The smallest absolute Gasteiger partial charge is 0.335 e. The highest BCUT2D eigenvalue weighted by Gasteiger charge is 2.20. The second-order valence-electron chi connectivity index (χ2n) is 6.71. The van der Waals surface area contributed by atoms with Crippen molar-refractivity contribution in [2.75, 3.05) is 24.1 Å². The van der Waals surface area contributed by atoms with Crippen LogP contribution < -0.4 is 11.1 Å². The standard InChI is InChI=1S/C20H24N4O2/c21-11-16-10-17(6-7-19(16)22)23-18-5-2-8-24(13-18)12-14-3-1-4-15(9-14)20(25)26/h1,3-4,6-7,9-11,18,21,23H,2,5,8,12-13,22H2,(H,25,26). The van der Waals surface area contributed by atoms with Crippen molar-refractivity contribution < 1.29 is 9.90 Å². The van der Waals surface area contributed by atoms with Crippen LogP contribution in [0.15, 0.2) is 42.5 Å². The average Bonchev–Trinajstić information content (AvgIpc) is 2.64. The van der Waals surface area contributed by atoms with E-state index in [-0.39, 0.29) is 0 Å². The Balaban J connectivity index is 1.63. The van der Waals surface area contributed by atoms with Gasteiger partial charge in [0, 0.05) is 42.3 Å². The van der Waals surface area contributed by atoms with Crippen LogP contribution >= 0.6 is 0 Å². The Labute approximate surface area is 153 Å². The fourth-order valence-electron chi connectivity index (χ4n) is 3.40. The molecule has 0 aromatic heterocycles. The molecule has 0 amide bonds. The molecule has 6 heteroatoms. The number of hydrogen-bond donors (Lipinski definition) is 4. The molecule has 1 aliphatic rings. The Kier molecular flexibility index (Phi) is 5.53. The molecule has 136 valence electrons. The first kappa shape index (κ1) is 17.9. The molecule has 2 aromatic rings. The first-order valence-corrected chi connectivity index (χ1v) is 8.76. The topological polar surface area (TPSA) is 102 Å². The molecule has 3 rings (SSSR count). The number of benzene rings is 2. The molecular weight excluding hydrogens is 328 g/mol. The van der Waals surface area contributed by atoms with E-state index in [0.29, 0.717) is 22.9 Å². The Morgan fingerprint density at radius 3 is 2.96 bits per heavy atom. The summed E-state index contributed by atoms with van der Waals surface area (Å²) >= 11 is 0. The molecule has 2 aromatic carbocycles. The number of hydrogen-bond acceptors (Lipinski definition) is 5. The minimum Gasteiger partial charge on any atom is -0.478 e. The number of likely N-dealkylation sites (tertiary alicyclic amines) is 1. The summed E-state index contributed by atoms with van der Waals surface area (Å²) in [6.45, 7) is 2.64. The van der Waals surface area contributed by atoms with Crippen molar-refractivity contribution in [2.45, 2.75) is 25.4 Å². The van der Waals surface area contributed by atoms with Gasteiger partial charge in [-0.05, 0) is 55.3 Å². The molecule has 0 spiro atoms. The van der Waals surface area contributed by atoms with Crippen LogP contribution in [0, 0.1) is 5.41 Å². The Bertz CT molecular complexity index is 806. The molecule has 1 unspecified atom stereocenters. The number of aromatic carboxylic acids is 1. The third kappa shape index (κ3) is 4.40. The molecule has 6 nitrogen and oxygen atoms in total. The van der Waals surface area contributed by atoms with E-state index in [1.807, 2.05) is 24.3 Å². The molecule has 1 atom stereocenters. The number of nitrogens with two attached hydrogens (primary N) is 1. The highest BCUT2D eigenvalue weighted by Crippen LogP contribution is 2.21. The second-order valence-corrected chi connectivity index (χ2v) is 6.71. The molecule has 1 aliphatic heterocycles. The van der Waals surface area contributed by atoms with Gasteiger partial charge in [0.1, 0.15) is 0 Å². The van der Waals surface area contributed by atoms with Crippen LogP contribution in [0.1, 0.15) is 34.3 Å². The fourth-order valence-corrected chi connectivity index (χ4v) is 3.40. The third-order valence-electron chi connectivity index (χ3n) is 4.70. The summed E-state index contributed by atoms with van der Waals surface area (Å²) in [6, 6.07) is 13.1. The number of carboxylic acid groups (broad SMARTS) is 1. The quantitative estimate of drug-likeness (QED) is 0.473. The van der Waals surface area contributed by atoms with Gasteiger partial charge in [-0.2, -0.15) is 0 Å². The molecule has 0 radical (unpaired) electrons. The Hall–Kier alpha value is -2.86. The van der Waals surface area contributed by atoms with E-state index in [0.717, 1.165) is 43.7 Å². The molecule has 26 heavy (non-hydrogen) atoms. The molecule has 0 aliphatic carbocycles. The van der Waals surface area contributed by atoms with Crippen LogP contribution in [-0.2, 0) is 6.54 Å². The van der Waals surface area contributed by atoms with Crippen LogP contribution in [0.25, 0.3) is 0 Å². The molecule has 1 fully saturated rings. The monoisotopic (exact) mass is 352 g/mol. The zero-order chi connectivity index (χ0) is 18.5. The maximum atomic E-state index is 11.1. The van der Waals surface area contributed by atoms with Gasteiger partial charge in [0.15, 0.2) is 0 Å². The van der Waals surface area contributed by atoms with Gasteiger partial charge in [-0.25, -0.2) is 4.79 Å². The van der Waals surface area contributed by atoms with Gasteiger partial charge in [0.25, 0.3) is 0 Å². The van der Waals surface area contributed by atoms with Crippen molar-refractivity contribution >= 4 is 23.6 Å². The van der Waals surface area contributed by atoms with E-state index in [1.165, 1.54) is 6.21 Å². The maximum absolute atomic E-state index is 11.1. The first-order chi connectivity index (χ1) is 12.5. The van der Waals surface area contributed by atoms with Crippen molar-refractivity contribution in [3.8, 4) is 0 Å². The lowest BCUT2D eigenvalue weighted by molar-refractivity contribution is 0.0696. The van der Waals surface area contributed by atoms with Crippen LogP contribution in [-0.4, -0.2) is 41.3 Å². The zero-order valence-corrected chi connectivity index (χ0v) is 14.6. The lowest BCUT2D eigenvalue weighted by Gasteiger charge is -2.33. The second kappa shape index (κ2) is 8.01. The SMILES string of the molecule is N=Cc1cc(NC2CCCN(Cc3cccc(C(=O)O)c3)C2)ccc1N. The van der Waals surface area contributed by atoms with E-state index in [1.54, 1.807) is 18.2 Å². The van der Waals surface area contributed by atoms with Gasteiger partial charge in [-0.3, -0.25) is 4.90 Å². The minimum absolute atomic E-state index is 0.314. The van der Waals surface area contributed by atoms with Crippen molar-refractivity contribution in [1.82, 2.24) is 4.90 Å². The summed E-state index contributed by atoms with van der Waals surface area (Å²) in [5.41, 5.74) is 9.48. The van der Waals surface area contributed by atoms with Gasteiger partial charge in [-0.1, -0.05) is 12.1 Å². The number of rotatable bonds is 6. The average molecular weight is 352 g/mol. The lowest BCUT2D eigenvalue weighted by atomic mass is 10.0. The number of nitrogens with one attached hydrogen (secondary N) is 2. The van der Waals surface area contributed by atoms with Crippen molar-refractivity contribution in [3.05, 3.63) is 59.2 Å². The van der Waals surface area contributed by atoms with Crippen molar-refractivity contribution in [2.24, 2.45) is 0 Å². The number of nitrogens with zero attached hydrogens (tertiary/aromatic N) is 1. The van der Waals surface area contributed by atoms with Gasteiger partial charge in [0.05, 0.1) is 5.56 Å². The highest BCUT2D eigenvalue weighted by atomic mass is 16.4. The minimum atomic E-state index is -0.893. The predicted octanol–water partition coefficient (Wildman–Crippen LogP) is 3.04. The number of piperidine rings is 1. The van der Waals surface area contributed by atoms with E-state index >= 15 is 0 Å². The molecule has 1 heterocycles. The van der Waals surface area contributed by atoms with Crippen molar-refractivity contribution in [3.63, 3.8) is 0 Å². The maximum Gasteiger partial charge on any atom is 0.335 e. The molecule has 1 saturated heterocycles. The number of carbonyl (C=O) groups is 1. The van der Waals surface area contributed by atoms with Gasteiger partial charge in [0.2, 0.25) is 0 Å². The number of anilines is 2. The first-order valence-electron chi connectivity index (χ1n) is 8.76. The molecule has 0 saturated carbocycles. The molecule has 0 bridgehead atoms. The van der Waals surface area contributed by atoms with Gasteiger partial charge in [-0.15, -0.1) is 0 Å². The van der Waals surface area contributed by atoms with E-state index < -0.39 is 5.97 Å². The fraction of sp³-hybridized carbons (Fsp3) is 0.300. The molecular formula is C20H24N4O2. The number of nitrogen functional groups attached to an aromatic ring is 1. The Morgan fingerprint density at radius 1 is 1.35 bits per heavy atom.